The van der Waals surface area contributed by atoms with Crippen LogP contribution in [0, 0.1) is 6.92 Å². The number of aliphatic hydroxyl groups excluding tert-OH is 1. The number of furan rings is 1. The van der Waals surface area contributed by atoms with Crippen molar-refractivity contribution in [2.75, 3.05) is 0 Å². The molecule has 0 spiro atoms. The average Bonchev–Trinajstić information content (AvgIpc) is 3.07. The molecule has 4 heteroatoms. The van der Waals surface area contributed by atoms with Gasteiger partial charge >= 0.3 is 0 Å². The molecule has 1 saturated carbocycles. The lowest BCUT2D eigenvalue weighted by Crippen LogP contribution is -2.32. The van der Waals surface area contributed by atoms with Crippen LogP contribution in [0.15, 0.2) is 16.5 Å². The van der Waals surface area contributed by atoms with Gasteiger partial charge < -0.3 is 14.4 Å². The van der Waals surface area contributed by atoms with Crippen LogP contribution in [0.2, 0.25) is 0 Å². The first-order valence-electron chi connectivity index (χ1n) is 6.59. The first-order chi connectivity index (χ1) is 8.56. The van der Waals surface area contributed by atoms with Crippen LogP contribution in [0.4, 0.5) is 0 Å². The summed E-state index contributed by atoms with van der Waals surface area (Å²) in [6.45, 7) is 4.17. The van der Waals surface area contributed by atoms with Crippen molar-refractivity contribution in [3.8, 4) is 0 Å². The Hall–Kier alpha value is -1.29. The maximum absolute atomic E-state index is 12.1. The molecule has 100 valence electrons. The van der Waals surface area contributed by atoms with Crippen molar-refractivity contribution < 1.29 is 14.3 Å². The second-order valence-corrected chi connectivity index (χ2v) is 5.15. The van der Waals surface area contributed by atoms with E-state index in [1.807, 2.05) is 24.0 Å². The second kappa shape index (κ2) is 5.57. The Kier molecular flexibility index (Phi) is 4.07. The van der Waals surface area contributed by atoms with Gasteiger partial charge in [0.1, 0.15) is 11.5 Å². The quantitative estimate of drug-likeness (QED) is 0.843. The van der Waals surface area contributed by atoms with Gasteiger partial charge in [-0.05, 0) is 45.2 Å². The van der Waals surface area contributed by atoms with Crippen LogP contribution in [0.3, 0.4) is 0 Å². The number of hydrogen-bond acceptors (Lipinski definition) is 3. The fourth-order valence-corrected chi connectivity index (χ4v) is 2.02. The van der Waals surface area contributed by atoms with Gasteiger partial charge in [-0.3, -0.25) is 4.79 Å². The zero-order chi connectivity index (χ0) is 13.1. The smallest absolute Gasteiger partial charge is 0.223 e. The summed E-state index contributed by atoms with van der Waals surface area (Å²) in [5, 5.41) is 9.24. The van der Waals surface area contributed by atoms with Crippen LogP contribution >= 0.6 is 0 Å². The lowest BCUT2D eigenvalue weighted by atomic mass is 10.2. The molecule has 1 aromatic rings. The first-order valence-corrected chi connectivity index (χ1v) is 6.59. The number of aliphatic hydroxyl groups is 1. The summed E-state index contributed by atoms with van der Waals surface area (Å²) in [4.78, 5) is 14.0. The van der Waals surface area contributed by atoms with Crippen molar-refractivity contribution in [3.05, 3.63) is 23.7 Å². The van der Waals surface area contributed by atoms with Gasteiger partial charge in [-0.15, -0.1) is 0 Å². The van der Waals surface area contributed by atoms with Crippen LogP contribution in [0.25, 0.3) is 0 Å². The van der Waals surface area contributed by atoms with Crippen LogP contribution in [-0.4, -0.2) is 28.1 Å². The van der Waals surface area contributed by atoms with E-state index in [1.165, 1.54) is 0 Å². The highest BCUT2D eigenvalue weighted by molar-refractivity contribution is 5.76. The minimum absolute atomic E-state index is 0.118. The van der Waals surface area contributed by atoms with Gasteiger partial charge in [0.25, 0.3) is 0 Å². The highest BCUT2D eigenvalue weighted by atomic mass is 16.3. The highest BCUT2D eigenvalue weighted by Crippen LogP contribution is 2.29. The van der Waals surface area contributed by atoms with Crippen LogP contribution in [-0.2, 0) is 11.3 Å². The van der Waals surface area contributed by atoms with Crippen molar-refractivity contribution in [3.63, 3.8) is 0 Å². The molecule has 1 atom stereocenters. The van der Waals surface area contributed by atoms with Crippen LogP contribution in [0.5, 0.6) is 0 Å². The molecule has 2 rings (SSSR count). The Morgan fingerprint density at radius 1 is 1.56 bits per heavy atom. The SMILES string of the molecule is Cc1ccc(CN(C(=O)CCC(C)O)C2CC2)o1. The molecule has 4 nitrogen and oxygen atoms in total. The molecular weight excluding hydrogens is 230 g/mol. The molecule has 1 N–H and O–H groups in total. The molecule has 1 aliphatic carbocycles. The normalized spacial score (nSPS) is 16.6. The summed E-state index contributed by atoms with van der Waals surface area (Å²) in [6, 6.07) is 4.21. The van der Waals surface area contributed by atoms with E-state index in [2.05, 4.69) is 0 Å². The minimum Gasteiger partial charge on any atom is -0.464 e. The lowest BCUT2D eigenvalue weighted by molar-refractivity contribution is -0.133. The Morgan fingerprint density at radius 3 is 2.78 bits per heavy atom. The third-order valence-electron chi connectivity index (χ3n) is 3.21. The summed E-state index contributed by atoms with van der Waals surface area (Å²) < 4.78 is 5.52. The molecule has 0 aliphatic heterocycles. The number of carbonyl (C=O) groups is 1. The van der Waals surface area contributed by atoms with Crippen molar-refractivity contribution >= 4 is 5.91 Å². The Balaban J connectivity index is 1.93. The van der Waals surface area contributed by atoms with Gasteiger partial charge in [-0.25, -0.2) is 0 Å². The zero-order valence-corrected chi connectivity index (χ0v) is 11.1. The van der Waals surface area contributed by atoms with Gasteiger partial charge in [-0.1, -0.05) is 0 Å². The van der Waals surface area contributed by atoms with E-state index in [9.17, 15) is 9.90 Å². The van der Waals surface area contributed by atoms with Gasteiger partial charge in [0.2, 0.25) is 5.91 Å². The molecule has 1 heterocycles. The molecule has 0 bridgehead atoms. The zero-order valence-electron chi connectivity index (χ0n) is 11.1. The van der Waals surface area contributed by atoms with Gasteiger partial charge in [-0.2, -0.15) is 0 Å². The molecule has 1 aromatic heterocycles. The molecule has 1 aliphatic rings. The van der Waals surface area contributed by atoms with Crippen molar-refractivity contribution in [2.24, 2.45) is 0 Å². The summed E-state index contributed by atoms with van der Waals surface area (Å²) in [6.07, 6.45) is 2.69. The Labute approximate surface area is 108 Å². The maximum atomic E-state index is 12.1. The fourth-order valence-electron chi connectivity index (χ4n) is 2.02. The minimum atomic E-state index is -0.416. The van der Waals surface area contributed by atoms with Gasteiger partial charge in [0.05, 0.1) is 12.6 Å². The number of nitrogens with zero attached hydrogens (tertiary/aromatic N) is 1. The van der Waals surface area contributed by atoms with E-state index in [-0.39, 0.29) is 5.91 Å². The number of aryl methyl sites for hydroxylation is 1. The third kappa shape index (κ3) is 3.60. The van der Waals surface area contributed by atoms with Crippen molar-refractivity contribution in [1.82, 2.24) is 4.90 Å². The number of rotatable bonds is 6. The van der Waals surface area contributed by atoms with Crippen LogP contribution < -0.4 is 0 Å². The van der Waals surface area contributed by atoms with E-state index in [0.29, 0.717) is 25.4 Å². The van der Waals surface area contributed by atoms with Gasteiger partial charge in [0.15, 0.2) is 0 Å². The molecular formula is C14H21NO3. The number of carbonyl (C=O) groups excluding carboxylic acids is 1. The van der Waals surface area contributed by atoms with E-state index >= 15 is 0 Å². The van der Waals surface area contributed by atoms with Crippen molar-refractivity contribution in [1.29, 1.82) is 0 Å². The highest BCUT2D eigenvalue weighted by Gasteiger charge is 2.32. The molecule has 0 aromatic carbocycles. The molecule has 0 saturated heterocycles. The predicted molar refractivity (Wildman–Crippen MR) is 67.9 cm³/mol. The second-order valence-electron chi connectivity index (χ2n) is 5.15. The molecule has 18 heavy (non-hydrogen) atoms. The number of amides is 1. The maximum Gasteiger partial charge on any atom is 0.223 e. The largest absolute Gasteiger partial charge is 0.464 e. The summed E-state index contributed by atoms with van der Waals surface area (Å²) in [5.74, 6) is 1.83. The van der Waals surface area contributed by atoms with E-state index in [0.717, 1.165) is 24.4 Å². The Morgan fingerprint density at radius 2 is 2.28 bits per heavy atom. The third-order valence-corrected chi connectivity index (χ3v) is 3.21. The monoisotopic (exact) mass is 251 g/mol. The predicted octanol–water partition coefficient (Wildman–Crippen LogP) is 2.24. The summed E-state index contributed by atoms with van der Waals surface area (Å²) >= 11 is 0. The lowest BCUT2D eigenvalue weighted by Gasteiger charge is -2.21. The summed E-state index contributed by atoms with van der Waals surface area (Å²) in [5.41, 5.74) is 0. The van der Waals surface area contributed by atoms with E-state index in [1.54, 1.807) is 6.92 Å². The molecule has 1 unspecified atom stereocenters. The topological polar surface area (TPSA) is 53.7 Å². The first kappa shape index (κ1) is 13.1. The fraction of sp³-hybridized carbons (Fsp3) is 0.643. The average molecular weight is 251 g/mol. The van der Waals surface area contributed by atoms with E-state index < -0.39 is 6.10 Å². The van der Waals surface area contributed by atoms with Gasteiger partial charge in [0, 0.05) is 12.5 Å². The molecule has 1 amide bonds. The molecule has 0 radical (unpaired) electrons. The standard InChI is InChI=1S/C14H21NO3/c1-10(16)3-8-14(17)15(12-5-6-12)9-13-7-4-11(2)18-13/h4,7,10,12,16H,3,5-6,8-9H2,1-2H3. The van der Waals surface area contributed by atoms with E-state index in [4.69, 9.17) is 4.42 Å². The van der Waals surface area contributed by atoms with Crippen LogP contribution in [0.1, 0.15) is 44.1 Å². The Bertz CT molecular complexity index is 407. The van der Waals surface area contributed by atoms with Crippen molar-refractivity contribution in [2.45, 2.75) is 58.2 Å². The number of hydrogen-bond donors (Lipinski definition) is 1. The molecule has 1 fully saturated rings. The summed E-state index contributed by atoms with van der Waals surface area (Å²) in [7, 11) is 0.